The Morgan fingerprint density at radius 3 is 1.42 bits per heavy atom. The maximum atomic E-state index is 2.30. The zero-order valence-electron chi connectivity index (χ0n) is 12.5. The minimum atomic E-state index is 1.32. The summed E-state index contributed by atoms with van der Waals surface area (Å²) in [5.74, 6) is 0. The van der Waals surface area contributed by atoms with Crippen LogP contribution in [0.3, 0.4) is 0 Å². The maximum absolute atomic E-state index is 2.30. The molecule has 0 heteroatoms. The standard InChI is InChI=1S/C17H16.C2H6/c1-11-4-6-16-13(3)17-7-5-12(2)9-15(17)10-14(16)8-11;1-2/h4-10H,1-3H3;1-2H3. The average molecular weight is 250 g/mol. The molecule has 0 fully saturated rings. The molecule has 0 saturated carbocycles. The van der Waals surface area contributed by atoms with Crippen LogP contribution < -0.4 is 0 Å². The van der Waals surface area contributed by atoms with Gasteiger partial charge in [0.2, 0.25) is 0 Å². The molecule has 0 unspecified atom stereocenters. The third kappa shape index (κ3) is 2.49. The maximum Gasteiger partial charge on any atom is -0.0148 e. The highest BCUT2D eigenvalue weighted by Gasteiger charge is 2.04. The van der Waals surface area contributed by atoms with Crippen molar-refractivity contribution < 1.29 is 0 Å². The van der Waals surface area contributed by atoms with E-state index in [0.29, 0.717) is 0 Å². The van der Waals surface area contributed by atoms with E-state index in [-0.39, 0.29) is 0 Å². The van der Waals surface area contributed by atoms with Crippen LogP contribution in [0.15, 0.2) is 42.5 Å². The van der Waals surface area contributed by atoms with Crippen molar-refractivity contribution in [2.75, 3.05) is 0 Å². The van der Waals surface area contributed by atoms with Gasteiger partial charge in [-0.1, -0.05) is 61.4 Å². The third-order valence-corrected chi connectivity index (χ3v) is 3.53. The monoisotopic (exact) mass is 250 g/mol. The van der Waals surface area contributed by atoms with Gasteiger partial charge in [-0.05, 0) is 53.9 Å². The Morgan fingerprint density at radius 1 is 0.579 bits per heavy atom. The lowest BCUT2D eigenvalue weighted by molar-refractivity contribution is 1.48. The van der Waals surface area contributed by atoms with Crippen molar-refractivity contribution in [3.05, 3.63) is 59.2 Å². The van der Waals surface area contributed by atoms with Crippen molar-refractivity contribution in [3.63, 3.8) is 0 Å². The summed E-state index contributed by atoms with van der Waals surface area (Å²) < 4.78 is 0. The lowest BCUT2D eigenvalue weighted by Gasteiger charge is -2.09. The quantitative estimate of drug-likeness (QED) is 0.433. The Bertz CT molecular complexity index is 661. The lowest BCUT2D eigenvalue weighted by Crippen LogP contribution is -1.85. The number of hydrogen-bond acceptors (Lipinski definition) is 0. The Kier molecular flexibility index (Phi) is 3.90. The minimum Gasteiger partial charge on any atom is -0.0683 e. The second kappa shape index (κ2) is 5.44. The summed E-state index contributed by atoms with van der Waals surface area (Å²) in [6.07, 6.45) is 0. The molecule has 3 rings (SSSR count). The first-order valence-corrected chi connectivity index (χ1v) is 7.05. The average Bonchev–Trinajstić information content (AvgIpc) is 2.40. The van der Waals surface area contributed by atoms with Crippen molar-refractivity contribution in [3.8, 4) is 0 Å². The van der Waals surface area contributed by atoms with Crippen LogP contribution in [0.1, 0.15) is 30.5 Å². The number of benzene rings is 3. The predicted octanol–water partition coefficient (Wildman–Crippen LogP) is 5.94. The van der Waals surface area contributed by atoms with Gasteiger partial charge < -0.3 is 0 Å². The number of hydrogen-bond donors (Lipinski definition) is 0. The summed E-state index contributed by atoms with van der Waals surface area (Å²) >= 11 is 0. The van der Waals surface area contributed by atoms with Crippen molar-refractivity contribution in [2.45, 2.75) is 34.6 Å². The molecule has 0 nitrogen and oxygen atoms in total. The third-order valence-electron chi connectivity index (χ3n) is 3.53. The van der Waals surface area contributed by atoms with Gasteiger partial charge in [-0.3, -0.25) is 0 Å². The van der Waals surface area contributed by atoms with E-state index in [1.54, 1.807) is 0 Å². The molecule has 0 saturated heterocycles. The van der Waals surface area contributed by atoms with Crippen molar-refractivity contribution in [1.82, 2.24) is 0 Å². The molecule has 0 spiro atoms. The Balaban J connectivity index is 0.000000637. The molecule has 0 aromatic heterocycles. The fourth-order valence-electron chi connectivity index (χ4n) is 2.60. The number of rotatable bonds is 0. The van der Waals surface area contributed by atoms with Gasteiger partial charge in [-0.2, -0.15) is 0 Å². The van der Waals surface area contributed by atoms with E-state index in [9.17, 15) is 0 Å². The van der Waals surface area contributed by atoms with Crippen molar-refractivity contribution >= 4 is 21.5 Å². The molecule has 3 aromatic rings. The van der Waals surface area contributed by atoms with E-state index in [1.165, 1.54) is 38.2 Å². The predicted molar refractivity (Wildman–Crippen MR) is 87.0 cm³/mol. The summed E-state index contributed by atoms with van der Waals surface area (Å²) in [7, 11) is 0. The summed E-state index contributed by atoms with van der Waals surface area (Å²) in [5.41, 5.74) is 4.03. The van der Waals surface area contributed by atoms with Gasteiger partial charge in [-0.25, -0.2) is 0 Å². The molecule has 98 valence electrons. The number of fused-ring (bicyclic) bond motifs is 2. The van der Waals surface area contributed by atoms with Crippen LogP contribution in [0.25, 0.3) is 21.5 Å². The lowest BCUT2D eigenvalue weighted by atomic mass is 9.96. The van der Waals surface area contributed by atoms with Crippen LogP contribution in [0.4, 0.5) is 0 Å². The summed E-state index contributed by atoms with van der Waals surface area (Å²) in [6, 6.07) is 15.7. The van der Waals surface area contributed by atoms with E-state index in [2.05, 4.69) is 63.2 Å². The highest BCUT2D eigenvalue weighted by atomic mass is 14.1. The van der Waals surface area contributed by atoms with Gasteiger partial charge in [0, 0.05) is 0 Å². The second-order valence-electron chi connectivity index (χ2n) is 4.95. The SMILES string of the molecule is CC.Cc1ccc2c(C)c3ccc(C)cc3cc2c1. The fourth-order valence-corrected chi connectivity index (χ4v) is 2.60. The molecular formula is C19H22. The first-order valence-electron chi connectivity index (χ1n) is 7.05. The van der Waals surface area contributed by atoms with Crippen molar-refractivity contribution in [2.24, 2.45) is 0 Å². The van der Waals surface area contributed by atoms with E-state index in [0.717, 1.165) is 0 Å². The molecule has 0 heterocycles. The Labute approximate surface area is 116 Å². The molecule has 0 N–H and O–H groups in total. The second-order valence-corrected chi connectivity index (χ2v) is 4.95. The molecule has 0 aliphatic carbocycles. The highest BCUT2D eigenvalue weighted by Crippen LogP contribution is 2.28. The van der Waals surface area contributed by atoms with Crippen molar-refractivity contribution in [1.29, 1.82) is 0 Å². The van der Waals surface area contributed by atoms with Crippen LogP contribution in [-0.4, -0.2) is 0 Å². The zero-order valence-corrected chi connectivity index (χ0v) is 12.5. The largest absolute Gasteiger partial charge is 0.0683 e. The van der Waals surface area contributed by atoms with Gasteiger partial charge in [0.25, 0.3) is 0 Å². The molecule has 0 aliphatic heterocycles. The van der Waals surface area contributed by atoms with Gasteiger partial charge >= 0.3 is 0 Å². The smallest absolute Gasteiger partial charge is 0.0148 e. The van der Waals surface area contributed by atoms with Crippen LogP contribution in [0.5, 0.6) is 0 Å². The summed E-state index contributed by atoms with van der Waals surface area (Å²) in [5, 5.41) is 5.43. The molecule has 0 radical (unpaired) electrons. The summed E-state index contributed by atoms with van der Waals surface area (Å²) in [6.45, 7) is 10.5. The molecular weight excluding hydrogens is 228 g/mol. The van der Waals surface area contributed by atoms with Gasteiger partial charge in [0.15, 0.2) is 0 Å². The minimum absolute atomic E-state index is 1.32. The van der Waals surface area contributed by atoms with E-state index >= 15 is 0 Å². The summed E-state index contributed by atoms with van der Waals surface area (Å²) in [4.78, 5) is 0. The van der Waals surface area contributed by atoms with Crippen LogP contribution >= 0.6 is 0 Å². The number of aryl methyl sites for hydroxylation is 3. The fraction of sp³-hybridized carbons (Fsp3) is 0.263. The van der Waals surface area contributed by atoms with E-state index in [4.69, 9.17) is 0 Å². The van der Waals surface area contributed by atoms with Gasteiger partial charge in [-0.15, -0.1) is 0 Å². The molecule has 0 amide bonds. The van der Waals surface area contributed by atoms with Crippen LogP contribution in [-0.2, 0) is 0 Å². The van der Waals surface area contributed by atoms with Crippen LogP contribution in [0.2, 0.25) is 0 Å². The first-order chi connectivity index (χ1) is 9.15. The van der Waals surface area contributed by atoms with Crippen LogP contribution in [0, 0.1) is 20.8 Å². The topological polar surface area (TPSA) is 0 Å². The molecule has 0 aliphatic rings. The molecule has 19 heavy (non-hydrogen) atoms. The van der Waals surface area contributed by atoms with E-state index < -0.39 is 0 Å². The molecule has 3 aromatic carbocycles. The first kappa shape index (κ1) is 13.6. The Morgan fingerprint density at radius 2 is 1.00 bits per heavy atom. The zero-order chi connectivity index (χ0) is 14.0. The van der Waals surface area contributed by atoms with E-state index in [1.807, 2.05) is 13.8 Å². The highest BCUT2D eigenvalue weighted by molar-refractivity contribution is 6.02. The van der Waals surface area contributed by atoms with Gasteiger partial charge in [0.1, 0.15) is 0 Å². The molecule has 0 atom stereocenters. The Hall–Kier alpha value is -1.82. The molecule has 0 bridgehead atoms. The normalized spacial score (nSPS) is 10.4. The van der Waals surface area contributed by atoms with Gasteiger partial charge in [0.05, 0.1) is 0 Å².